The van der Waals surface area contributed by atoms with Crippen molar-refractivity contribution in [1.29, 1.82) is 0 Å². The Morgan fingerprint density at radius 2 is 2.15 bits per heavy atom. The molecule has 0 spiro atoms. The van der Waals surface area contributed by atoms with E-state index in [1.807, 2.05) is 25.1 Å². The Bertz CT molecular complexity index is 859. The van der Waals surface area contributed by atoms with Gasteiger partial charge in [-0.25, -0.2) is 4.98 Å². The fourth-order valence-corrected chi connectivity index (χ4v) is 3.82. The van der Waals surface area contributed by atoms with E-state index >= 15 is 0 Å². The van der Waals surface area contributed by atoms with Crippen molar-refractivity contribution in [3.05, 3.63) is 34.6 Å². The lowest BCUT2D eigenvalue weighted by molar-refractivity contribution is -0.119. The van der Waals surface area contributed by atoms with Crippen LogP contribution in [-0.4, -0.2) is 40.0 Å². The summed E-state index contributed by atoms with van der Waals surface area (Å²) in [5.41, 5.74) is 0.583. The number of hydrogen-bond acceptors (Lipinski definition) is 5. The molecule has 6 nitrogen and oxygen atoms in total. The zero-order chi connectivity index (χ0) is 19.4. The molecule has 1 amide bonds. The molecule has 27 heavy (non-hydrogen) atoms. The van der Waals surface area contributed by atoms with Crippen LogP contribution >= 0.6 is 11.8 Å². The van der Waals surface area contributed by atoms with Crippen LogP contribution < -0.4 is 10.9 Å². The average Bonchev–Trinajstić information content (AvgIpc) is 3.15. The molecule has 0 bridgehead atoms. The van der Waals surface area contributed by atoms with Crippen molar-refractivity contribution >= 4 is 28.6 Å². The van der Waals surface area contributed by atoms with Crippen molar-refractivity contribution in [2.75, 3.05) is 12.4 Å². The summed E-state index contributed by atoms with van der Waals surface area (Å²) in [5, 5.41) is 4.16. The first-order chi connectivity index (χ1) is 13.0. The lowest BCUT2D eigenvalue weighted by atomic mass is 10.1. The third-order valence-electron chi connectivity index (χ3n) is 4.96. The molecule has 2 unspecified atom stereocenters. The third kappa shape index (κ3) is 4.90. The molecule has 1 aliphatic rings. The van der Waals surface area contributed by atoms with E-state index < -0.39 is 0 Å². The van der Waals surface area contributed by atoms with Crippen molar-refractivity contribution in [2.45, 2.75) is 57.5 Å². The van der Waals surface area contributed by atoms with E-state index in [1.165, 1.54) is 11.8 Å². The number of hydrogen-bond donors (Lipinski definition) is 1. The number of amides is 1. The van der Waals surface area contributed by atoms with Crippen LogP contribution in [0.5, 0.6) is 0 Å². The fourth-order valence-electron chi connectivity index (χ4n) is 3.00. The zero-order valence-corrected chi connectivity index (χ0v) is 16.9. The minimum Gasteiger partial charge on any atom is -0.376 e. The maximum absolute atomic E-state index is 13.0. The van der Waals surface area contributed by atoms with Gasteiger partial charge < -0.3 is 10.1 Å². The van der Waals surface area contributed by atoms with Crippen molar-refractivity contribution in [1.82, 2.24) is 14.9 Å². The van der Waals surface area contributed by atoms with Gasteiger partial charge in [0.15, 0.2) is 5.16 Å². The number of benzene rings is 1. The van der Waals surface area contributed by atoms with Crippen LogP contribution in [0, 0.1) is 5.92 Å². The first-order valence-corrected chi connectivity index (χ1v) is 10.5. The number of aromatic nitrogens is 2. The monoisotopic (exact) mass is 389 g/mol. The Kier molecular flexibility index (Phi) is 6.55. The van der Waals surface area contributed by atoms with Gasteiger partial charge in [0.25, 0.3) is 5.56 Å². The number of para-hydroxylation sites is 1. The van der Waals surface area contributed by atoms with Gasteiger partial charge in [0.1, 0.15) is 0 Å². The predicted molar refractivity (Wildman–Crippen MR) is 108 cm³/mol. The molecule has 2 heterocycles. The molecule has 1 N–H and O–H groups in total. The average molecular weight is 390 g/mol. The van der Waals surface area contributed by atoms with Crippen molar-refractivity contribution < 1.29 is 9.53 Å². The summed E-state index contributed by atoms with van der Waals surface area (Å²) in [6.07, 6.45) is 1.98. The first-order valence-electron chi connectivity index (χ1n) is 9.49. The molecule has 1 fully saturated rings. The lowest BCUT2D eigenvalue weighted by Gasteiger charge is -2.18. The standard InChI is InChI=1S/C20H27N3O3S/c1-13(2)14(3)21-18(24)12-27-20-22-17-9-5-4-8-16(17)19(25)23(20)11-15-7-6-10-26-15/h4-5,8-9,13-15H,6-7,10-12H2,1-3H3,(H,21,24). The van der Waals surface area contributed by atoms with Crippen molar-refractivity contribution in [2.24, 2.45) is 5.92 Å². The maximum atomic E-state index is 13.0. The Hall–Kier alpha value is -1.86. The highest BCUT2D eigenvalue weighted by molar-refractivity contribution is 7.99. The van der Waals surface area contributed by atoms with E-state index in [1.54, 1.807) is 10.6 Å². The van der Waals surface area contributed by atoms with Gasteiger partial charge in [0.2, 0.25) is 5.91 Å². The smallest absolute Gasteiger partial charge is 0.262 e. The second-order valence-electron chi connectivity index (χ2n) is 7.35. The van der Waals surface area contributed by atoms with Gasteiger partial charge in [-0.2, -0.15) is 0 Å². The number of carbonyl (C=O) groups excluding carboxylic acids is 1. The number of fused-ring (bicyclic) bond motifs is 1. The second-order valence-corrected chi connectivity index (χ2v) is 8.29. The van der Waals surface area contributed by atoms with E-state index in [9.17, 15) is 9.59 Å². The number of ether oxygens (including phenoxy) is 1. The molecular formula is C20H27N3O3S. The molecule has 2 aromatic rings. The summed E-state index contributed by atoms with van der Waals surface area (Å²) in [4.78, 5) is 29.9. The highest BCUT2D eigenvalue weighted by Gasteiger charge is 2.21. The SMILES string of the molecule is CC(C)C(C)NC(=O)CSc1nc2ccccc2c(=O)n1CC1CCCO1. The molecular weight excluding hydrogens is 362 g/mol. The summed E-state index contributed by atoms with van der Waals surface area (Å²) >= 11 is 1.31. The van der Waals surface area contributed by atoms with Crippen LogP contribution in [0.25, 0.3) is 10.9 Å². The molecule has 0 saturated carbocycles. The van der Waals surface area contributed by atoms with E-state index in [4.69, 9.17) is 4.74 Å². The van der Waals surface area contributed by atoms with Crippen molar-refractivity contribution in [3.63, 3.8) is 0 Å². The summed E-state index contributed by atoms with van der Waals surface area (Å²) in [6.45, 7) is 7.35. The number of nitrogens with zero attached hydrogens (tertiary/aromatic N) is 2. The van der Waals surface area contributed by atoms with Gasteiger partial charge in [-0.1, -0.05) is 37.7 Å². The maximum Gasteiger partial charge on any atom is 0.262 e. The van der Waals surface area contributed by atoms with E-state index in [2.05, 4.69) is 24.1 Å². The largest absolute Gasteiger partial charge is 0.376 e. The fraction of sp³-hybridized carbons (Fsp3) is 0.550. The molecule has 2 atom stereocenters. The number of carbonyl (C=O) groups is 1. The van der Waals surface area contributed by atoms with Crippen LogP contribution in [0.3, 0.4) is 0 Å². The summed E-state index contributed by atoms with van der Waals surface area (Å²) in [6, 6.07) is 7.44. The number of thioether (sulfide) groups is 1. The van der Waals surface area contributed by atoms with E-state index in [0.717, 1.165) is 19.4 Å². The Morgan fingerprint density at radius 3 is 2.85 bits per heavy atom. The summed E-state index contributed by atoms with van der Waals surface area (Å²) in [5.74, 6) is 0.551. The minimum atomic E-state index is -0.0745. The van der Waals surface area contributed by atoms with Gasteiger partial charge in [0, 0.05) is 12.6 Å². The molecule has 0 aliphatic carbocycles. The molecule has 0 radical (unpaired) electrons. The molecule has 146 valence electrons. The van der Waals surface area contributed by atoms with Crippen LogP contribution in [-0.2, 0) is 16.1 Å². The first kappa shape index (κ1) is 19.9. The topological polar surface area (TPSA) is 73.2 Å². The van der Waals surface area contributed by atoms with E-state index in [-0.39, 0.29) is 29.4 Å². The minimum absolute atomic E-state index is 0.0276. The van der Waals surface area contributed by atoms with Gasteiger partial charge >= 0.3 is 0 Å². The van der Waals surface area contributed by atoms with Crippen LogP contribution in [0.15, 0.2) is 34.2 Å². The van der Waals surface area contributed by atoms with Gasteiger partial charge in [-0.3, -0.25) is 14.2 Å². The Balaban J connectivity index is 1.83. The van der Waals surface area contributed by atoms with Gasteiger partial charge in [-0.15, -0.1) is 0 Å². The molecule has 1 aromatic carbocycles. The molecule has 1 saturated heterocycles. The number of nitrogens with one attached hydrogen (secondary N) is 1. The lowest BCUT2D eigenvalue weighted by Crippen LogP contribution is -2.37. The third-order valence-corrected chi connectivity index (χ3v) is 5.93. The highest BCUT2D eigenvalue weighted by Crippen LogP contribution is 2.21. The Labute approximate surface area is 163 Å². The normalized spacial score (nSPS) is 18.1. The summed E-state index contributed by atoms with van der Waals surface area (Å²) in [7, 11) is 0. The highest BCUT2D eigenvalue weighted by atomic mass is 32.2. The zero-order valence-electron chi connectivity index (χ0n) is 16.1. The number of rotatable bonds is 7. The Morgan fingerprint density at radius 1 is 1.37 bits per heavy atom. The van der Waals surface area contributed by atoms with Crippen molar-refractivity contribution in [3.8, 4) is 0 Å². The summed E-state index contributed by atoms with van der Waals surface area (Å²) < 4.78 is 7.38. The molecule has 1 aliphatic heterocycles. The van der Waals surface area contributed by atoms with Gasteiger partial charge in [0.05, 0.1) is 29.3 Å². The van der Waals surface area contributed by atoms with Crippen LogP contribution in [0.2, 0.25) is 0 Å². The van der Waals surface area contributed by atoms with Gasteiger partial charge in [-0.05, 0) is 37.8 Å². The molecule has 7 heteroatoms. The quantitative estimate of drug-likeness (QED) is 0.582. The van der Waals surface area contributed by atoms with Crippen LogP contribution in [0.1, 0.15) is 33.6 Å². The van der Waals surface area contributed by atoms with E-state index in [0.29, 0.717) is 28.5 Å². The van der Waals surface area contributed by atoms with Crippen LogP contribution in [0.4, 0.5) is 0 Å². The molecule has 1 aromatic heterocycles. The molecule has 3 rings (SSSR count). The predicted octanol–water partition coefficient (Wildman–Crippen LogP) is 2.83. The second kappa shape index (κ2) is 8.89.